The molecular formula is C23H29NO7. The van der Waals surface area contributed by atoms with Gasteiger partial charge in [-0.05, 0) is 45.4 Å². The van der Waals surface area contributed by atoms with Crippen LogP contribution in [0.1, 0.15) is 49.5 Å². The molecule has 0 saturated carbocycles. The Morgan fingerprint density at radius 1 is 0.968 bits per heavy atom. The summed E-state index contributed by atoms with van der Waals surface area (Å²) >= 11 is 0. The minimum Gasteiger partial charge on any atom is -0.465 e. The minimum absolute atomic E-state index is 0.0650. The number of nitrogens with one attached hydrogen (secondary N) is 1. The molecule has 0 bridgehead atoms. The summed E-state index contributed by atoms with van der Waals surface area (Å²) in [5.41, 5.74) is 2.52. The van der Waals surface area contributed by atoms with E-state index in [1.165, 1.54) is 14.2 Å². The van der Waals surface area contributed by atoms with Crippen molar-refractivity contribution in [2.24, 2.45) is 0 Å². The van der Waals surface area contributed by atoms with Crippen molar-refractivity contribution in [1.82, 2.24) is 5.32 Å². The lowest BCUT2D eigenvalue weighted by atomic mass is 9.80. The molecule has 0 aromatic heterocycles. The number of ether oxygens (including phenoxy) is 4. The van der Waals surface area contributed by atoms with Crippen molar-refractivity contribution in [3.05, 3.63) is 57.9 Å². The summed E-state index contributed by atoms with van der Waals surface area (Å²) in [6.07, 6.45) is -0.348. The number of carbonyl (C=O) groups is 3. The minimum atomic E-state index is -0.785. The van der Waals surface area contributed by atoms with Gasteiger partial charge in [-0.15, -0.1) is 0 Å². The van der Waals surface area contributed by atoms with Gasteiger partial charge in [0.15, 0.2) is 0 Å². The summed E-state index contributed by atoms with van der Waals surface area (Å²) in [4.78, 5) is 38.1. The van der Waals surface area contributed by atoms with Crippen LogP contribution in [0.25, 0.3) is 0 Å². The second-order valence-electron chi connectivity index (χ2n) is 7.34. The average molecular weight is 431 g/mol. The maximum Gasteiger partial charge on any atom is 0.337 e. The van der Waals surface area contributed by atoms with Crippen molar-refractivity contribution in [3.8, 4) is 0 Å². The molecule has 1 heterocycles. The lowest BCUT2D eigenvalue weighted by molar-refractivity contribution is -0.143. The van der Waals surface area contributed by atoms with Crippen molar-refractivity contribution in [3.63, 3.8) is 0 Å². The maximum atomic E-state index is 13.0. The van der Waals surface area contributed by atoms with Crippen molar-refractivity contribution in [1.29, 1.82) is 0 Å². The number of carbonyl (C=O) groups excluding carboxylic acids is 3. The van der Waals surface area contributed by atoms with Gasteiger partial charge in [0.25, 0.3) is 0 Å². The highest BCUT2D eigenvalue weighted by Crippen LogP contribution is 2.39. The number of hydrogen-bond donors (Lipinski definition) is 1. The number of benzene rings is 1. The molecule has 1 aliphatic heterocycles. The molecule has 0 amide bonds. The standard InChI is InChI=1S/C23H29NO7/c1-13(2)31-23(27)19-15(4)24-14(3)18(22(26)30-11-10-28-5)20(19)16-8-7-9-17(12-16)21(25)29-6/h7-9,12-13,20,24H,10-11H2,1-6H3. The maximum absolute atomic E-state index is 13.0. The first-order valence-electron chi connectivity index (χ1n) is 9.95. The van der Waals surface area contributed by atoms with E-state index < -0.39 is 23.8 Å². The molecule has 8 heteroatoms. The van der Waals surface area contributed by atoms with Crippen LogP contribution in [0, 0.1) is 0 Å². The number of methoxy groups -OCH3 is 2. The molecule has 0 aliphatic carbocycles. The highest BCUT2D eigenvalue weighted by Gasteiger charge is 2.38. The van der Waals surface area contributed by atoms with Crippen LogP contribution in [0.15, 0.2) is 46.8 Å². The van der Waals surface area contributed by atoms with Crippen LogP contribution >= 0.6 is 0 Å². The van der Waals surface area contributed by atoms with Gasteiger partial charge in [0.2, 0.25) is 0 Å². The van der Waals surface area contributed by atoms with E-state index in [-0.39, 0.29) is 30.5 Å². The third-order valence-electron chi connectivity index (χ3n) is 4.70. The van der Waals surface area contributed by atoms with Crippen LogP contribution in [-0.4, -0.2) is 51.4 Å². The van der Waals surface area contributed by atoms with E-state index in [1.807, 2.05) is 0 Å². The molecule has 168 valence electrons. The first-order chi connectivity index (χ1) is 14.7. The van der Waals surface area contributed by atoms with E-state index in [1.54, 1.807) is 52.0 Å². The smallest absolute Gasteiger partial charge is 0.337 e. The van der Waals surface area contributed by atoms with Gasteiger partial charge < -0.3 is 24.3 Å². The number of rotatable bonds is 8. The summed E-state index contributed by atoms with van der Waals surface area (Å²) in [7, 11) is 2.80. The first kappa shape index (κ1) is 24.1. The van der Waals surface area contributed by atoms with Crippen LogP contribution in [0.5, 0.6) is 0 Å². The fraction of sp³-hybridized carbons (Fsp3) is 0.435. The van der Waals surface area contributed by atoms with Crippen LogP contribution in [0.3, 0.4) is 0 Å². The molecule has 1 atom stereocenters. The van der Waals surface area contributed by atoms with E-state index >= 15 is 0 Å². The van der Waals surface area contributed by atoms with Gasteiger partial charge >= 0.3 is 17.9 Å². The second-order valence-corrected chi connectivity index (χ2v) is 7.34. The summed E-state index contributed by atoms with van der Waals surface area (Å²) in [5, 5.41) is 3.09. The Labute approximate surface area is 182 Å². The second kappa shape index (κ2) is 10.8. The molecule has 0 radical (unpaired) electrons. The first-order valence-corrected chi connectivity index (χ1v) is 9.95. The SMILES string of the molecule is COCCOC(=O)C1=C(C)NC(C)=C(C(=O)OC(C)C)C1c1cccc(C(=O)OC)c1. The van der Waals surface area contributed by atoms with Gasteiger partial charge in [-0.25, -0.2) is 14.4 Å². The Morgan fingerprint density at radius 3 is 2.19 bits per heavy atom. The van der Waals surface area contributed by atoms with Gasteiger partial charge in [0.05, 0.1) is 42.4 Å². The lowest BCUT2D eigenvalue weighted by Gasteiger charge is -2.31. The van der Waals surface area contributed by atoms with Crippen molar-refractivity contribution < 1.29 is 33.3 Å². The highest BCUT2D eigenvalue weighted by molar-refractivity contribution is 6.00. The van der Waals surface area contributed by atoms with Crippen molar-refractivity contribution >= 4 is 17.9 Å². The molecule has 2 rings (SSSR count). The molecule has 0 spiro atoms. The third-order valence-corrected chi connectivity index (χ3v) is 4.70. The average Bonchev–Trinajstić information content (AvgIpc) is 2.72. The molecule has 1 aliphatic rings. The van der Waals surface area contributed by atoms with Crippen LogP contribution in [0.2, 0.25) is 0 Å². The van der Waals surface area contributed by atoms with E-state index in [2.05, 4.69) is 5.32 Å². The van der Waals surface area contributed by atoms with Crippen LogP contribution in [0.4, 0.5) is 0 Å². The fourth-order valence-electron chi connectivity index (χ4n) is 3.40. The summed E-state index contributed by atoms with van der Waals surface area (Å²) in [6.45, 7) is 7.28. The fourth-order valence-corrected chi connectivity index (χ4v) is 3.40. The lowest BCUT2D eigenvalue weighted by Crippen LogP contribution is -2.33. The number of esters is 3. The zero-order chi connectivity index (χ0) is 23.1. The molecule has 0 saturated heterocycles. The molecule has 31 heavy (non-hydrogen) atoms. The summed E-state index contributed by atoms with van der Waals surface area (Å²) < 4.78 is 20.6. The highest BCUT2D eigenvalue weighted by atomic mass is 16.6. The molecule has 1 unspecified atom stereocenters. The largest absolute Gasteiger partial charge is 0.465 e. The predicted octanol–water partition coefficient (Wildman–Crippen LogP) is 2.85. The van der Waals surface area contributed by atoms with Gasteiger partial charge in [0.1, 0.15) is 6.61 Å². The number of dihydropyridines is 1. The zero-order valence-corrected chi connectivity index (χ0v) is 18.7. The van der Waals surface area contributed by atoms with E-state index in [9.17, 15) is 14.4 Å². The van der Waals surface area contributed by atoms with Crippen molar-refractivity contribution in [2.75, 3.05) is 27.4 Å². The zero-order valence-electron chi connectivity index (χ0n) is 18.7. The molecule has 1 aromatic carbocycles. The van der Waals surface area contributed by atoms with Crippen LogP contribution < -0.4 is 5.32 Å². The van der Waals surface area contributed by atoms with Gasteiger partial charge in [-0.3, -0.25) is 0 Å². The topological polar surface area (TPSA) is 100 Å². The Morgan fingerprint density at radius 2 is 1.61 bits per heavy atom. The molecule has 0 fully saturated rings. The van der Waals surface area contributed by atoms with Crippen LogP contribution in [-0.2, 0) is 28.5 Å². The quantitative estimate of drug-likeness (QED) is 0.381. The van der Waals surface area contributed by atoms with E-state index in [0.29, 0.717) is 22.5 Å². The van der Waals surface area contributed by atoms with E-state index in [0.717, 1.165) is 0 Å². The molecule has 8 nitrogen and oxygen atoms in total. The Balaban J connectivity index is 2.61. The Bertz CT molecular complexity index is 914. The predicted molar refractivity (Wildman–Crippen MR) is 113 cm³/mol. The normalized spacial score (nSPS) is 16.2. The summed E-state index contributed by atoms with van der Waals surface area (Å²) in [5.74, 6) is -2.44. The Kier molecular flexibility index (Phi) is 8.38. The van der Waals surface area contributed by atoms with Gasteiger partial charge in [-0.1, -0.05) is 12.1 Å². The van der Waals surface area contributed by atoms with Crippen molar-refractivity contribution in [2.45, 2.75) is 39.7 Å². The molecular weight excluding hydrogens is 402 g/mol. The molecule has 1 aromatic rings. The Hall–Kier alpha value is -3.13. The monoisotopic (exact) mass is 431 g/mol. The molecule has 1 N–H and O–H groups in total. The van der Waals surface area contributed by atoms with E-state index in [4.69, 9.17) is 18.9 Å². The number of hydrogen-bond acceptors (Lipinski definition) is 8. The summed E-state index contributed by atoms with van der Waals surface area (Å²) in [6, 6.07) is 6.63. The third kappa shape index (κ3) is 5.73. The van der Waals surface area contributed by atoms with Gasteiger partial charge in [0, 0.05) is 18.5 Å². The number of allylic oxidation sites excluding steroid dienone is 2. The van der Waals surface area contributed by atoms with Gasteiger partial charge in [-0.2, -0.15) is 0 Å².